The van der Waals surface area contributed by atoms with E-state index in [0.717, 1.165) is 10.6 Å². The second-order valence-corrected chi connectivity index (χ2v) is 5.13. The first-order valence-corrected chi connectivity index (χ1v) is 5.88. The number of nitrogens with two attached hydrogens (primary N) is 1. The number of alkyl halides is 2. The average molecular weight is 232 g/mol. The Morgan fingerprint density at radius 3 is 2.40 bits per heavy atom. The average Bonchev–Trinajstić information content (AvgIpc) is 2.58. The SMILES string of the molecule is Cc1ncsc1C1(N)CCC(F)(F)CC1. The highest BCUT2D eigenvalue weighted by atomic mass is 32.1. The van der Waals surface area contributed by atoms with E-state index in [1.165, 1.54) is 11.3 Å². The van der Waals surface area contributed by atoms with Crippen LogP contribution in [0.5, 0.6) is 0 Å². The molecule has 0 bridgehead atoms. The minimum absolute atomic E-state index is 0.110. The Morgan fingerprint density at radius 1 is 1.33 bits per heavy atom. The second-order valence-electron chi connectivity index (χ2n) is 4.28. The minimum Gasteiger partial charge on any atom is -0.321 e. The van der Waals surface area contributed by atoms with E-state index in [1.54, 1.807) is 5.51 Å². The number of rotatable bonds is 1. The van der Waals surface area contributed by atoms with Gasteiger partial charge in [-0.3, -0.25) is 0 Å². The van der Waals surface area contributed by atoms with E-state index in [-0.39, 0.29) is 12.8 Å². The maximum absolute atomic E-state index is 13.0. The molecule has 1 aromatic rings. The first-order chi connectivity index (χ1) is 6.93. The van der Waals surface area contributed by atoms with Gasteiger partial charge in [0.25, 0.3) is 0 Å². The van der Waals surface area contributed by atoms with Crippen LogP contribution in [0.2, 0.25) is 0 Å². The molecule has 15 heavy (non-hydrogen) atoms. The molecule has 1 aliphatic carbocycles. The molecule has 0 aromatic carbocycles. The van der Waals surface area contributed by atoms with E-state index in [1.807, 2.05) is 6.92 Å². The summed E-state index contributed by atoms with van der Waals surface area (Å²) in [5.41, 5.74) is 8.22. The third-order valence-corrected chi connectivity index (χ3v) is 4.22. The predicted molar refractivity (Wildman–Crippen MR) is 56.1 cm³/mol. The first-order valence-electron chi connectivity index (χ1n) is 5.00. The molecule has 2 rings (SSSR count). The molecule has 0 spiro atoms. The Hall–Kier alpha value is -0.550. The van der Waals surface area contributed by atoms with Gasteiger partial charge in [-0.15, -0.1) is 11.3 Å². The van der Waals surface area contributed by atoms with E-state index in [4.69, 9.17) is 5.73 Å². The normalized spacial score (nSPS) is 24.0. The van der Waals surface area contributed by atoms with Crippen LogP contribution < -0.4 is 5.73 Å². The summed E-state index contributed by atoms with van der Waals surface area (Å²) in [5.74, 6) is -2.53. The minimum atomic E-state index is -2.53. The molecule has 1 aliphatic rings. The van der Waals surface area contributed by atoms with Crippen LogP contribution in [-0.2, 0) is 5.54 Å². The maximum Gasteiger partial charge on any atom is 0.248 e. The van der Waals surface area contributed by atoms with Gasteiger partial charge in [0.1, 0.15) is 0 Å². The van der Waals surface area contributed by atoms with Crippen molar-refractivity contribution in [3.63, 3.8) is 0 Å². The van der Waals surface area contributed by atoms with Crippen molar-refractivity contribution in [2.45, 2.75) is 44.1 Å². The lowest BCUT2D eigenvalue weighted by Crippen LogP contribution is -2.43. The fourth-order valence-electron chi connectivity index (χ4n) is 2.07. The van der Waals surface area contributed by atoms with Gasteiger partial charge in [-0.25, -0.2) is 13.8 Å². The fraction of sp³-hybridized carbons (Fsp3) is 0.700. The Labute approximate surface area is 91.5 Å². The number of aryl methyl sites for hydroxylation is 1. The van der Waals surface area contributed by atoms with Crippen molar-refractivity contribution < 1.29 is 8.78 Å². The summed E-state index contributed by atoms with van der Waals surface area (Å²) in [6.45, 7) is 1.88. The molecule has 1 heterocycles. The molecule has 5 heteroatoms. The molecule has 0 aliphatic heterocycles. The van der Waals surface area contributed by atoms with Crippen LogP contribution in [0.4, 0.5) is 8.78 Å². The molecule has 84 valence electrons. The van der Waals surface area contributed by atoms with Crippen molar-refractivity contribution in [1.29, 1.82) is 0 Å². The molecule has 1 fully saturated rings. The number of hydrogen-bond acceptors (Lipinski definition) is 3. The molecule has 0 radical (unpaired) electrons. The zero-order valence-electron chi connectivity index (χ0n) is 8.59. The maximum atomic E-state index is 13.0. The van der Waals surface area contributed by atoms with E-state index >= 15 is 0 Å². The third-order valence-electron chi connectivity index (χ3n) is 3.07. The third kappa shape index (κ3) is 2.03. The lowest BCUT2D eigenvalue weighted by atomic mass is 9.79. The van der Waals surface area contributed by atoms with Gasteiger partial charge in [-0.1, -0.05) is 0 Å². The summed E-state index contributed by atoms with van der Waals surface area (Å²) in [6, 6.07) is 0. The first kappa shape index (κ1) is 11.0. The summed E-state index contributed by atoms with van der Waals surface area (Å²) in [4.78, 5) is 5.09. The molecule has 0 saturated heterocycles. The summed E-state index contributed by atoms with van der Waals surface area (Å²) in [7, 11) is 0. The topological polar surface area (TPSA) is 38.9 Å². The van der Waals surface area contributed by atoms with Crippen molar-refractivity contribution in [3.8, 4) is 0 Å². The van der Waals surface area contributed by atoms with E-state index in [0.29, 0.717) is 12.8 Å². The fourth-order valence-corrected chi connectivity index (χ4v) is 3.05. The van der Waals surface area contributed by atoms with Gasteiger partial charge in [-0.2, -0.15) is 0 Å². The van der Waals surface area contributed by atoms with Crippen LogP contribution in [-0.4, -0.2) is 10.9 Å². The highest BCUT2D eigenvalue weighted by Gasteiger charge is 2.43. The van der Waals surface area contributed by atoms with Crippen molar-refractivity contribution >= 4 is 11.3 Å². The molecule has 2 nitrogen and oxygen atoms in total. The number of thiazole rings is 1. The zero-order valence-corrected chi connectivity index (χ0v) is 9.41. The molecular formula is C10H14F2N2S. The summed E-state index contributed by atoms with van der Waals surface area (Å²) in [5, 5.41) is 0. The van der Waals surface area contributed by atoms with E-state index in [9.17, 15) is 8.78 Å². The van der Waals surface area contributed by atoms with Crippen molar-refractivity contribution in [1.82, 2.24) is 4.98 Å². The molecule has 2 N–H and O–H groups in total. The van der Waals surface area contributed by atoms with Gasteiger partial charge in [-0.05, 0) is 19.8 Å². The number of halogens is 2. The van der Waals surface area contributed by atoms with Crippen LogP contribution in [0.1, 0.15) is 36.3 Å². The van der Waals surface area contributed by atoms with Gasteiger partial charge in [0.2, 0.25) is 5.92 Å². The van der Waals surface area contributed by atoms with Crippen LogP contribution in [0, 0.1) is 6.92 Å². The monoisotopic (exact) mass is 232 g/mol. The standard InChI is InChI=1S/C10H14F2N2S/c1-7-8(15-6-14-7)9(13)2-4-10(11,12)5-3-9/h6H,2-5,13H2,1H3. The van der Waals surface area contributed by atoms with Gasteiger partial charge in [0.15, 0.2) is 0 Å². The van der Waals surface area contributed by atoms with Crippen LogP contribution in [0.15, 0.2) is 5.51 Å². The van der Waals surface area contributed by atoms with E-state index in [2.05, 4.69) is 4.98 Å². The summed E-state index contributed by atoms with van der Waals surface area (Å²) in [6.07, 6.45) is 0.480. The van der Waals surface area contributed by atoms with E-state index < -0.39 is 11.5 Å². The van der Waals surface area contributed by atoms with Crippen molar-refractivity contribution in [2.75, 3.05) is 0 Å². The van der Waals surface area contributed by atoms with Gasteiger partial charge < -0.3 is 5.73 Å². The molecule has 0 atom stereocenters. The number of nitrogens with zero attached hydrogens (tertiary/aromatic N) is 1. The lowest BCUT2D eigenvalue weighted by Gasteiger charge is -2.36. The Morgan fingerprint density at radius 2 is 1.93 bits per heavy atom. The molecule has 1 aromatic heterocycles. The largest absolute Gasteiger partial charge is 0.321 e. The number of hydrogen-bond donors (Lipinski definition) is 1. The summed E-state index contributed by atoms with van der Waals surface area (Å²) < 4.78 is 26.0. The van der Waals surface area contributed by atoms with Crippen molar-refractivity contribution in [3.05, 3.63) is 16.1 Å². The lowest BCUT2D eigenvalue weighted by molar-refractivity contribution is -0.0510. The van der Waals surface area contributed by atoms with Gasteiger partial charge in [0.05, 0.1) is 16.7 Å². The van der Waals surface area contributed by atoms with Crippen LogP contribution in [0.3, 0.4) is 0 Å². The zero-order chi connectivity index (χ0) is 11.1. The smallest absolute Gasteiger partial charge is 0.248 e. The molecule has 0 amide bonds. The Bertz CT molecular complexity index is 352. The van der Waals surface area contributed by atoms with Crippen LogP contribution in [0.25, 0.3) is 0 Å². The Balaban J connectivity index is 2.20. The second kappa shape index (κ2) is 3.49. The molecular weight excluding hydrogens is 218 g/mol. The summed E-state index contributed by atoms with van der Waals surface area (Å²) >= 11 is 1.47. The quantitative estimate of drug-likeness (QED) is 0.808. The van der Waals surface area contributed by atoms with Gasteiger partial charge in [0, 0.05) is 17.7 Å². The molecule has 0 unspecified atom stereocenters. The Kier molecular flexibility index (Phi) is 2.55. The highest BCUT2D eigenvalue weighted by Crippen LogP contribution is 2.43. The van der Waals surface area contributed by atoms with Gasteiger partial charge >= 0.3 is 0 Å². The molecule has 1 saturated carbocycles. The predicted octanol–water partition coefficient (Wildman–Crippen LogP) is 2.81. The highest BCUT2D eigenvalue weighted by molar-refractivity contribution is 7.09. The van der Waals surface area contributed by atoms with Crippen molar-refractivity contribution in [2.24, 2.45) is 5.73 Å². The van der Waals surface area contributed by atoms with Crippen LogP contribution >= 0.6 is 11.3 Å². The number of aromatic nitrogens is 1.